The van der Waals surface area contributed by atoms with Gasteiger partial charge in [-0.2, -0.15) is 0 Å². The highest BCUT2D eigenvalue weighted by molar-refractivity contribution is 6.12. The van der Waals surface area contributed by atoms with Crippen molar-refractivity contribution in [3.05, 3.63) is 35.4 Å². The molecular formula is C19H20F2O5. The van der Waals surface area contributed by atoms with Gasteiger partial charge in [0, 0.05) is 0 Å². The Morgan fingerprint density at radius 1 is 1.27 bits per heavy atom. The molecule has 1 aromatic carbocycles. The third kappa shape index (κ3) is 2.13. The first kappa shape index (κ1) is 18.6. The number of ether oxygens (including phenoxy) is 1. The first-order valence-corrected chi connectivity index (χ1v) is 8.40. The van der Waals surface area contributed by atoms with Gasteiger partial charge in [-0.3, -0.25) is 14.4 Å². The molecule has 7 heteroatoms. The summed E-state index contributed by atoms with van der Waals surface area (Å²) in [6.45, 7) is 3.45. The third-order valence-corrected chi connectivity index (χ3v) is 6.37. The SMILES string of the molecule is COC(=O)C12CCC(C(C(O)C(=O)c3c(F)cccc3F)C1=O)C2(C)C. The van der Waals surface area contributed by atoms with E-state index in [4.69, 9.17) is 4.74 Å². The van der Waals surface area contributed by atoms with Crippen LogP contribution in [0.5, 0.6) is 0 Å². The smallest absolute Gasteiger partial charge is 0.319 e. The van der Waals surface area contributed by atoms with Gasteiger partial charge >= 0.3 is 5.97 Å². The van der Waals surface area contributed by atoms with Crippen molar-refractivity contribution in [1.82, 2.24) is 0 Å². The van der Waals surface area contributed by atoms with E-state index in [9.17, 15) is 28.3 Å². The topological polar surface area (TPSA) is 80.7 Å². The van der Waals surface area contributed by atoms with Gasteiger partial charge in [-0.05, 0) is 36.3 Å². The molecule has 0 radical (unpaired) electrons. The Hall–Kier alpha value is -2.15. The van der Waals surface area contributed by atoms with Crippen LogP contribution in [0.3, 0.4) is 0 Å². The van der Waals surface area contributed by atoms with E-state index < -0.39 is 63.5 Å². The van der Waals surface area contributed by atoms with Crippen LogP contribution in [0.1, 0.15) is 37.0 Å². The lowest BCUT2D eigenvalue weighted by atomic mass is 9.69. The molecule has 0 spiro atoms. The summed E-state index contributed by atoms with van der Waals surface area (Å²) in [5.41, 5.74) is -3.16. The minimum absolute atomic E-state index is 0.266. The minimum atomic E-state index is -1.93. The second-order valence-corrected chi connectivity index (χ2v) is 7.56. The van der Waals surface area contributed by atoms with E-state index in [1.54, 1.807) is 13.8 Å². The fourth-order valence-electron chi connectivity index (χ4n) is 4.96. The van der Waals surface area contributed by atoms with Gasteiger partial charge in [0.1, 0.15) is 23.2 Å². The van der Waals surface area contributed by atoms with Gasteiger partial charge in [-0.1, -0.05) is 19.9 Å². The summed E-state index contributed by atoms with van der Waals surface area (Å²) >= 11 is 0. The van der Waals surface area contributed by atoms with E-state index in [0.29, 0.717) is 6.42 Å². The molecule has 0 amide bonds. The number of rotatable bonds is 4. The van der Waals surface area contributed by atoms with Crippen molar-refractivity contribution in [1.29, 1.82) is 0 Å². The molecule has 4 atom stereocenters. The predicted octanol–water partition coefficient (Wildman–Crippen LogP) is 2.30. The fourth-order valence-corrected chi connectivity index (χ4v) is 4.96. The number of methoxy groups -OCH3 is 1. The van der Waals surface area contributed by atoms with Crippen molar-refractivity contribution in [2.24, 2.45) is 22.7 Å². The van der Waals surface area contributed by atoms with Gasteiger partial charge < -0.3 is 9.84 Å². The molecule has 1 aromatic rings. The van der Waals surface area contributed by atoms with Crippen LogP contribution in [0, 0.1) is 34.3 Å². The van der Waals surface area contributed by atoms with E-state index in [1.807, 2.05) is 0 Å². The quantitative estimate of drug-likeness (QED) is 0.502. The predicted molar refractivity (Wildman–Crippen MR) is 86.1 cm³/mol. The van der Waals surface area contributed by atoms with Gasteiger partial charge in [-0.25, -0.2) is 8.78 Å². The summed E-state index contributed by atoms with van der Waals surface area (Å²) in [5, 5.41) is 10.6. The molecule has 3 rings (SSSR count). The van der Waals surface area contributed by atoms with Crippen LogP contribution in [0.15, 0.2) is 18.2 Å². The number of hydrogen-bond donors (Lipinski definition) is 1. The van der Waals surface area contributed by atoms with E-state index in [-0.39, 0.29) is 6.42 Å². The van der Waals surface area contributed by atoms with Crippen LogP contribution >= 0.6 is 0 Å². The molecule has 2 aliphatic rings. The van der Waals surface area contributed by atoms with Crippen LogP contribution < -0.4 is 0 Å². The summed E-state index contributed by atoms with van der Waals surface area (Å²) in [5.74, 6) is -6.37. The minimum Gasteiger partial charge on any atom is -0.468 e. The lowest BCUT2D eigenvalue weighted by Crippen LogP contribution is -2.47. The summed E-state index contributed by atoms with van der Waals surface area (Å²) in [7, 11) is 1.18. The van der Waals surface area contributed by atoms with Crippen LogP contribution in [0.2, 0.25) is 0 Å². The van der Waals surface area contributed by atoms with E-state index in [0.717, 1.165) is 18.2 Å². The van der Waals surface area contributed by atoms with Crippen LogP contribution in [-0.4, -0.2) is 35.9 Å². The number of ketones is 2. The third-order valence-electron chi connectivity index (χ3n) is 6.37. The average Bonchev–Trinajstić information content (AvgIpc) is 2.94. The number of esters is 1. The highest BCUT2D eigenvalue weighted by Gasteiger charge is 2.74. The van der Waals surface area contributed by atoms with Crippen molar-refractivity contribution < 1.29 is 33.0 Å². The molecule has 0 aliphatic heterocycles. The van der Waals surface area contributed by atoms with Gasteiger partial charge in [-0.15, -0.1) is 0 Å². The number of Topliss-reactive ketones (excluding diaryl/α,β-unsaturated/α-hetero) is 2. The van der Waals surface area contributed by atoms with Crippen LogP contribution in [0.25, 0.3) is 0 Å². The zero-order valence-corrected chi connectivity index (χ0v) is 14.7. The molecule has 2 fully saturated rings. The lowest BCUT2D eigenvalue weighted by Gasteiger charge is -2.33. The van der Waals surface area contributed by atoms with Crippen LogP contribution in [0.4, 0.5) is 8.78 Å². The highest BCUT2D eigenvalue weighted by atomic mass is 19.1. The maximum absolute atomic E-state index is 13.9. The molecule has 2 aliphatic carbocycles. The van der Waals surface area contributed by atoms with Gasteiger partial charge in [0.2, 0.25) is 0 Å². The van der Waals surface area contributed by atoms with Gasteiger partial charge in [0.05, 0.1) is 18.6 Å². The molecule has 0 saturated heterocycles. The molecule has 140 valence electrons. The first-order chi connectivity index (χ1) is 12.1. The highest BCUT2D eigenvalue weighted by Crippen LogP contribution is 2.67. The molecule has 0 aromatic heterocycles. The number of halogens is 2. The monoisotopic (exact) mass is 366 g/mol. The van der Waals surface area contributed by atoms with Crippen molar-refractivity contribution >= 4 is 17.5 Å². The Balaban J connectivity index is 2.02. The average molecular weight is 366 g/mol. The molecule has 5 nitrogen and oxygen atoms in total. The second kappa shape index (κ2) is 5.94. The molecule has 0 heterocycles. The summed E-state index contributed by atoms with van der Waals surface area (Å²) < 4.78 is 32.7. The number of fused-ring (bicyclic) bond motifs is 2. The lowest BCUT2D eigenvalue weighted by molar-refractivity contribution is -0.162. The summed E-state index contributed by atoms with van der Waals surface area (Å²) in [4.78, 5) is 38.0. The number of aliphatic hydroxyl groups excluding tert-OH is 1. The Labute approximate surface area is 149 Å². The molecule has 2 bridgehead atoms. The summed E-state index contributed by atoms with van der Waals surface area (Å²) in [6.07, 6.45) is -1.23. The maximum atomic E-state index is 13.9. The summed E-state index contributed by atoms with van der Waals surface area (Å²) in [6, 6.07) is 2.92. The molecule has 26 heavy (non-hydrogen) atoms. The normalized spacial score (nSPS) is 30.3. The number of benzene rings is 1. The largest absolute Gasteiger partial charge is 0.468 e. The molecular weight excluding hydrogens is 346 g/mol. The zero-order chi connectivity index (χ0) is 19.4. The van der Waals surface area contributed by atoms with Crippen molar-refractivity contribution in [2.75, 3.05) is 7.11 Å². The zero-order valence-electron chi connectivity index (χ0n) is 14.7. The van der Waals surface area contributed by atoms with Gasteiger partial charge in [0.25, 0.3) is 0 Å². The standard InChI is InChI=1S/C19H20F2O5/c1-18(2)9-7-8-19(18,17(25)26-3)16(24)12(9)14(22)15(23)13-10(20)5-4-6-11(13)21/h4-6,9,12,14,22H,7-8H2,1-3H3. The molecule has 4 unspecified atom stereocenters. The second-order valence-electron chi connectivity index (χ2n) is 7.56. The Bertz CT molecular complexity index is 783. The number of carbonyl (C=O) groups excluding carboxylic acids is 3. The Morgan fingerprint density at radius 2 is 1.85 bits per heavy atom. The molecule has 2 saturated carbocycles. The maximum Gasteiger partial charge on any atom is 0.319 e. The van der Waals surface area contributed by atoms with Crippen LogP contribution in [-0.2, 0) is 14.3 Å². The Kier molecular flexibility index (Phi) is 4.26. The Morgan fingerprint density at radius 3 is 2.38 bits per heavy atom. The van der Waals surface area contributed by atoms with E-state index >= 15 is 0 Å². The van der Waals surface area contributed by atoms with Gasteiger partial charge in [0.15, 0.2) is 11.6 Å². The number of hydrogen-bond acceptors (Lipinski definition) is 5. The number of aliphatic hydroxyl groups is 1. The first-order valence-electron chi connectivity index (χ1n) is 8.40. The van der Waals surface area contributed by atoms with E-state index in [2.05, 4.69) is 0 Å². The van der Waals surface area contributed by atoms with E-state index in [1.165, 1.54) is 7.11 Å². The molecule has 1 N–H and O–H groups in total. The fraction of sp³-hybridized carbons (Fsp3) is 0.526. The van der Waals surface area contributed by atoms with Crippen molar-refractivity contribution in [2.45, 2.75) is 32.8 Å². The van der Waals surface area contributed by atoms with Crippen molar-refractivity contribution in [3.63, 3.8) is 0 Å². The number of carbonyl (C=O) groups is 3. The van der Waals surface area contributed by atoms with Crippen molar-refractivity contribution in [3.8, 4) is 0 Å².